The summed E-state index contributed by atoms with van der Waals surface area (Å²) in [4.78, 5) is 11.8. The van der Waals surface area contributed by atoms with Crippen LogP contribution in [0.2, 0.25) is 0 Å². The number of nitrogens with zero attached hydrogens (tertiary/aromatic N) is 1. The first kappa shape index (κ1) is 11.1. The Morgan fingerprint density at radius 3 is 2.43 bits per heavy atom. The minimum absolute atomic E-state index is 0.179. The van der Waals surface area contributed by atoms with Gasteiger partial charge >= 0.3 is 0 Å². The Balaban J connectivity index is 3.04. The minimum Gasteiger partial charge on any atom is -0.299 e. The predicted molar refractivity (Wildman–Crippen MR) is 58.7 cm³/mol. The molecule has 1 aromatic rings. The van der Waals surface area contributed by atoms with Crippen LogP contribution < -0.4 is 5.56 Å². The first-order chi connectivity index (χ1) is 6.74. The molecule has 0 bridgehead atoms. The summed E-state index contributed by atoms with van der Waals surface area (Å²) in [6.45, 7) is 7.06. The highest BCUT2D eigenvalue weighted by molar-refractivity contribution is 5.17. The minimum atomic E-state index is 0.179. The zero-order valence-corrected chi connectivity index (χ0v) is 9.39. The van der Waals surface area contributed by atoms with Gasteiger partial charge in [0.25, 0.3) is 5.56 Å². The molecule has 0 aliphatic carbocycles. The Kier molecular flexibility index (Phi) is 3.98. The van der Waals surface area contributed by atoms with Crippen molar-refractivity contribution in [3.63, 3.8) is 0 Å². The third-order valence-corrected chi connectivity index (χ3v) is 2.44. The molecule has 0 fully saturated rings. The second-order valence-electron chi connectivity index (χ2n) is 3.63. The van der Waals surface area contributed by atoms with Gasteiger partial charge in [-0.2, -0.15) is 0 Å². The second-order valence-corrected chi connectivity index (χ2v) is 3.63. The lowest BCUT2D eigenvalue weighted by molar-refractivity contribution is 0.576. The molecule has 3 heteroatoms. The van der Waals surface area contributed by atoms with Crippen molar-refractivity contribution < 1.29 is 0 Å². The first-order valence-electron chi connectivity index (χ1n) is 5.55. The fourth-order valence-electron chi connectivity index (χ4n) is 1.78. The molecule has 0 amide bonds. The van der Waals surface area contributed by atoms with Gasteiger partial charge in [0.05, 0.1) is 0 Å². The highest BCUT2D eigenvalue weighted by Crippen LogP contribution is 2.05. The number of aromatic nitrogens is 2. The number of hydrogen-bond acceptors (Lipinski definition) is 1. The van der Waals surface area contributed by atoms with Gasteiger partial charge in [-0.05, 0) is 19.3 Å². The van der Waals surface area contributed by atoms with E-state index in [1.165, 1.54) is 0 Å². The number of H-pyrrole nitrogens is 1. The van der Waals surface area contributed by atoms with E-state index in [9.17, 15) is 4.79 Å². The smallest absolute Gasteiger partial charge is 0.269 e. The van der Waals surface area contributed by atoms with Gasteiger partial charge in [0.1, 0.15) is 0 Å². The van der Waals surface area contributed by atoms with Crippen molar-refractivity contribution in [3.8, 4) is 0 Å². The Bertz CT molecular complexity index is 336. The fraction of sp³-hybridized carbons (Fsp3) is 0.727. The van der Waals surface area contributed by atoms with E-state index in [1.807, 2.05) is 6.92 Å². The Labute approximate surface area is 85.1 Å². The van der Waals surface area contributed by atoms with E-state index in [-0.39, 0.29) is 5.56 Å². The van der Waals surface area contributed by atoms with Crippen LogP contribution >= 0.6 is 0 Å². The van der Waals surface area contributed by atoms with Gasteiger partial charge in [0.15, 0.2) is 0 Å². The lowest BCUT2D eigenvalue weighted by Gasteiger charge is -1.97. The van der Waals surface area contributed by atoms with Crippen LogP contribution in [-0.2, 0) is 19.4 Å². The lowest BCUT2D eigenvalue weighted by Crippen LogP contribution is -2.18. The third-order valence-electron chi connectivity index (χ3n) is 2.44. The highest BCUT2D eigenvalue weighted by Gasteiger charge is 2.10. The van der Waals surface area contributed by atoms with E-state index in [0.29, 0.717) is 0 Å². The average molecular weight is 196 g/mol. The molecule has 0 aromatic carbocycles. The Morgan fingerprint density at radius 2 is 1.93 bits per heavy atom. The zero-order valence-electron chi connectivity index (χ0n) is 9.39. The quantitative estimate of drug-likeness (QED) is 0.769. The van der Waals surface area contributed by atoms with Crippen LogP contribution in [-0.4, -0.2) is 9.78 Å². The summed E-state index contributed by atoms with van der Waals surface area (Å²) in [6, 6.07) is 0. The van der Waals surface area contributed by atoms with Crippen LogP contribution in [0.3, 0.4) is 0 Å². The van der Waals surface area contributed by atoms with Crippen LogP contribution in [0.1, 0.15) is 44.9 Å². The molecular weight excluding hydrogens is 176 g/mol. The summed E-state index contributed by atoms with van der Waals surface area (Å²) in [6.07, 6.45) is 3.89. The van der Waals surface area contributed by atoms with Gasteiger partial charge < -0.3 is 0 Å². The summed E-state index contributed by atoms with van der Waals surface area (Å²) in [5.41, 5.74) is 2.28. The molecule has 14 heavy (non-hydrogen) atoms. The number of aromatic amines is 1. The summed E-state index contributed by atoms with van der Waals surface area (Å²) >= 11 is 0. The molecule has 0 atom stereocenters. The molecule has 0 saturated heterocycles. The summed E-state index contributed by atoms with van der Waals surface area (Å²) in [5.74, 6) is 0. The van der Waals surface area contributed by atoms with Gasteiger partial charge in [-0.15, -0.1) is 0 Å². The van der Waals surface area contributed by atoms with Crippen molar-refractivity contribution in [2.75, 3.05) is 0 Å². The molecule has 0 unspecified atom stereocenters. The van der Waals surface area contributed by atoms with Crippen molar-refractivity contribution in [3.05, 3.63) is 21.6 Å². The maximum atomic E-state index is 11.8. The topological polar surface area (TPSA) is 37.8 Å². The van der Waals surface area contributed by atoms with Crippen molar-refractivity contribution >= 4 is 0 Å². The third kappa shape index (κ3) is 2.08. The summed E-state index contributed by atoms with van der Waals surface area (Å²) in [5, 5.41) is 3.21. The van der Waals surface area contributed by atoms with Gasteiger partial charge in [-0.3, -0.25) is 14.6 Å². The molecule has 1 heterocycles. The van der Waals surface area contributed by atoms with E-state index < -0.39 is 0 Å². The molecule has 1 rings (SSSR count). The Morgan fingerprint density at radius 1 is 1.21 bits per heavy atom. The molecule has 3 nitrogen and oxygen atoms in total. The molecule has 0 spiro atoms. The van der Waals surface area contributed by atoms with Crippen LogP contribution in [0.15, 0.2) is 4.79 Å². The van der Waals surface area contributed by atoms with Gasteiger partial charge in [0, 0.05) is 17.8 Å². The van der Waals surface area contributed by atoms with Crippen LogP contribution in [0.4, 0.5) is 0 Å². The molecule has 0 aliphatic rings. The van der Waals surface area contributed by atoms with E-state index in [4.69, 9.17) is 0 Å². The van der Waals surface area contributed by atoms with Crippen LogP contribution in [0.25, 0.3) is 0 Å². The maximum Gasteiger partial charge on any atom is 0.269 e. The van der Waals surface area contributed by atoms with Crippen LogP contribution in [0, 0.1) is 0 Å². The average Bonchev–Trinajstić information content (AvgIpc) is 2.45. The van der Waals surface area contributed by atoms with Crippen LogP contribution in [0.5, 0.6) is 0 Å². The molecule has 1 N–H and O–H groups in total. The number of nitrogens with one attached hydrogen (secondary N) is 1. The molecule has 80 valence electrons. The maximum absolute atomic E-state index is 11.8. The number of hydrogen-bond donors (Lipinski definition) is 1. The number of rotatable bonds is 5. The molecule has 0 radical (unpaired) electrons. The molecule has 0 aliphatic heterocycles. The normalized spacial score (nSPS) is 10.8. The SMILES string of the molecule is CCCc1[nH]n(CCC)c(=O)c1CC. The predicted octanol–water partition coefficient (Wildman–Crippen LogP) is 2.10. The largest absolute Gasteiger partial charge is 0.299 e. The van der Waals surface area contributed by atoms with Gasteiger partial charge in [-0.25, -0.2) is 0 Å². The van der Waals surface area contributed by atoms with E-state index in [0.717, 1.165) is 43.5 Å². The molecule has 1 aromatic heterocycles. The van der Waals surface area contributed by atoms with E-state index in [2.05, 4.69) is 18.9 Å². The second kappa shape index (κ2) is 5.03. The number of aryl methyl sites for hydroxylation is 2. The van der Waals surface area contributed by atoms with Gasteiger partial charge in [0.2, 0.25) is 0 Å². The summed E-state index contributed by atoms with van der Waals surface area (Å²) in [7, 11) is 0. The summed E-state index contributed by atoms with van der Waals surface area (Å²) < 4.78 is 1.74. The van der Waals surface area contributed by atoms with Crippen molar-refractivity contribution in [1.82, 2.24) is 9.78 Å². The van der Waals surface area contributed by atoms with Crippen molar-refractivity contribution in [1.29, 1.82) is 0 Å². The van der Waals surface area contributed by atoms with Crippen molar-refractivity contribution in [2.24, 2.45) is 0 Å². The Hall–Kier alpha value is -0.990. The monoisotopic (exact) mass is 196 g/mol. The standard InChI is InChI=1S/C11H20N2O/c1-4-7-10-9(6-3)11(14)13(12-10)8-5-2/h12H,4-8H2,1-3H3. The first-order valence-corrected chi connectivity index (χ1v) is 5.55. The molecule has 0 saturated carbocycles. The lowest BCUT2D eigenvalue weighted by atomic mass is 10.1. The van der Waals surface area contributed by atoms with E-state index in [1.54, 1.807) is 4.68 Å². The van der Waals surface area contributed by atoms with E-state index >= 15 is 0 Å². The fourth-order valence-corrected chi connectivity index (χ4v) is 1.78. The van der Waals surface area contributed by atoms with Gasteiger partial charge in [-0.1, -0.05) is 27.2 Å². The van der Waals surface area contributed by atoms with Crippen molar-refractivity contribution in [2.45, 2.75) is 53.0 Å². The zero-order chi connectivity index (χ0) is 10.6. The highest BCUT2D eigenvalue weighted by atomic mass is 16.1. The molecular formula is C11H20N2O.